The van der Waals surface area contributed by atoms with Crippen molar-refractivity contribution in [3.05, 3.63) is 52.5 Å². The van der Waals surface area contributed by atoms with Gasteiger partial charge < -0.3 is 14.8 Å². The topological polar surface area (TPSA) is 71.4 Å². The number of ether oxygens (including phenoxy) is 2. The lowest BCUT2D eigenvalue weighted by atomic mass is 10.1. The third kappa shape index (κ3) is 2.69. The van der Waals surface area contributed by atoms with Crippen molar-refractivity contribution in [1.82, 2.24) is 0 Å². The Balaban J connectivity index is 1.86. The Labute approximate surface area is 132 Å². The van der Waals surface area contributed by atoms with Crippen LogP contribution in [0.5, 0.6) is 11.5 Å². The Bertz CT molecular complexity index is 783. The lowest BCUT2D eigenvalue weighted by molar-refractivity contribution is 0.101. The molecule has 110 valence electrons. The zero-order valence-corrected chi connectivity index (χ0v) is 12.2. The summed E-state index contributed by atoms with van der Waals surface area (Å²) in [6.07, 6.45) is 0. The average molecular weight is 315 g/mol. The van der Waals surface area contributed by atoms with Crippen molar-refractivity contribution in [2.45, 2.75) is 0 Å². The predicted molar refractivity (Wildman–Crippen MR) is 81.6 cm³/mol. The first-order valence-electron chi connectivity index (χ1n) is 6.58. The van der Waals surface area contributed by atoms with E-state index in [9.17, 15) is 4.79 Å². The molecular weight excluding hydrogens is 304 g/mol. The van der Waals surface area contributed by atoms with Crippen LogP contribution in [0.3, 0.4) is 0 Å². The molecule has 0 aromatic heterocycles. The number of fused-ring (bicyclic) bond motifs is 1. The SMILES string of the molecule is N#Cc1ccc(NC(=O)c2cccc3c2OCCO3)cc1Cl. The smallest absolute Gasteiger partial charge is 0.259 e. The molecule has 3 rings (SSSR count). The Morgan fingerprint density at radius 1 is 1.23 bits per heavy atom. The Morgan fingerprint density at radius 3 is 2.82 bits per heavy atom. The van der Waals surface area contributed by atoms with Crippen LogP contribution in [-0.2, 0) is 0 Å². The summed E-state index contributed by atoms with van der Waals surface area (Å²) >= 11 is 5.96. The summed E-state index contributed by atoms with van der Waals surface area (Å²) in [4.78, 5) is 12.4. The van der Waals surface area contributed by atoms with Crippen molar-refractivity contribution in [3.8, 4) is 17.6 Å². The number of rotatable bonds is 2. The molecule has 5 nitrogen and oxygen atoms in total. The largest absolute Gasteiger partial charge is 0.486 e. The summed E-state index contributed by atoms with van der Waals surface area (Å²) in [6, 6.07) is 11.8. The molecule has 0 radical (unpaired) electrons. The number of carbonyl (C=O) groups is 1. The van der Waals surface area contributed by atoms with Crippen molar-refractivity contribution in [2.24, 2.45) is 0 Å². The highest BCUT2D eigenvalue weighted by molar-refractivity contribution is 6.32. The average Bonchev–Trinajstić information content (AvgIpc) is 2.54. The number of amides is 1. The van der Waals surface area contributed by atoms with Crippen LogP contribution in [-0.4, -0.2) is 19.1 Å². The molecule has 0 bridgehead atoms. The zero-order valence-electron chi connectivity index (χ0n) is 11.4. The van der Waals surface area contributed by atoms with Crippen LogP contribution in [0.2, 0.25) is 5.02 Å². The number of nitriles is 1. The quantitative estimate of drug-likeness (QED) is 0.923. The third-order valence-electron chi connectivity index (χ3n) is 3.16. The van der Waals surface area contributed by atoms with Crippen molar-refractivity contribution in [3.63, 3.8) is 0 Å². The first-order chi connectivity index (χ1) is 10.7. The molecule has 0 atom stereocenters. The molecule has 1 aliphatic rings. The molecule has 0 aliphatic carbocycles. The second-order valence-electron chi connectivity index (χ2n) is 4.59. The molecule has 1 heterocycles. The van der Waals surface area contributed by atoms with E-state index in [1.165, 1.54) is 6.07 Å². The molecule has 1 aliphatic heterocycles. The van der Waals surface area contributed by atoms with Crippen LogP contribution in [0.25, 0.3) is 0 Å². The first kappa shape index (κ1) is 14.2. The van der Waals surface area contributed by atoms with Gasteiger partial charge in [0.1, 0.15) is 19.3 Å². The van der Waals surface area contributed by atoms with Gasteiger partial charge in [0.05, 0.1) is 16.1 Å². The monoisotopic (exact) mass is 314 g/mol. The van der Waals surface area contributed by atoms with Gasteiger partial charge in [-0.1, -0.05) is 17.7 Å². The van der Waals surface area contributed by atoms with Crippen molar-refractivity contribution < 1.29 is 14.3 Å². The maximum atomic E-state index is 12.4. The number of carbonyl (C=O) groups excluding carboxylic acids is 1. The summed E-state index contributed by atoms with van der Waals surface area (Å²) in [5, 5.41) is 11.9. The second-order valence-corrected chi connectivity index (χ2v) is 5.00. The number of nitrogens with one attached hydrogen (secondary N) is 1. The van der Waals surface area contributed by atoms with Gasteiger partial charge in [0.15, 0.2) is 11.5 Å². The van der Waals surface area contributed by atoms with Crippen molar-refractivity contribution >= 4 is 23.2 Å². The van der Waals surface area contributed by atoms with Gasteiger partial charge in [-0.05, 0) is 30.3 Å². The predicted octanol–water partition coefficient (Wildman–Crippen LogP) is 3.24. The number of anilines is 1. The highest BCUT2D eigenvalue weighted by atomic mass is 35.5. The van der Waals surface area contributed by atoms with E-state index in [4.69, 9.17) is 26.3 Å². The highest BCUT2D eigenvalue weighted by Crippen LogP contribution is 2.34. The maximum absolute atomic E-state index is 12.4. The van der Waals surface area contributed by atoms with E-state index in [1.54, 1.807) is 30.3 Å². The molecule has 2 aromatic rings. The van der Waals surface area contributed by atoms with E-state index in [0.717, 1.165) is 0 Å². The number of nitrogens with zero attached hydrogens (tertiary/aromatic N) is 1. The fraction of sp³-hybridized carbons (Fsp3) is 0.125. The molecule has 6 heteroatoms. The molecule has 22 heavy (non-hydrogen) atoms. The van der Waals surface area contributed by atoms with Gasteiger partial charge in [-0.25, -0.2) is 0 Å². The van der Waals surface area contributed by atoms with E-state index in [1.807, 2.05) is 6.07 Å². The Hall–Kier alpha value is -2.71. The van der Waals surface area contributed by atoms with Crippen LogP contribution in [0.15, 0.2) is 36.4 Å². The maximum Gasteiger partial charge on any atom is 0.259 e. The summed E-state index contributed by atoms with van der Waals surface area (Å²) < 4.78 is 11.0. The van der Waals surface area contributed by atoms with E-state index >= 15 is 0 Å². The first-order valence-corrected chi connectivity index (χ1v) is 6.96. The van der Waals surface area contributed by atoms with Crippen molar-refractivity contribution in [2.75, 3.05) is 18.5 Å². The number of benzene rings is 2. The number of halogens is 1. The molecule has 0 fully saturated rings. The number of hydrogen-bond donors (Lipinski definition) is 1. The van der Waals surface area contributed by atoms with Crippen LogP contribution in [0.1, 0.15) is 15.9 Å². The molecule has 1 amide bonds. The lowest BCUT2D eigenvalue weighted by Gasteiger charge is -2.20. The van der Waals surface area contributed by atoms with Crippen LogP contribution in [0, 0.1) is 11.3 Å². The molecule has 0 saturated heterocycles. The minimum atomic E-state index is -0.330. The highest BCUT2D eigenvalue weighted by Gasteiger charge is 2.20. The standard InChI is InChI=1S/C16H11ClN2O3/c17-13-8-11(5-4-10(13)9-18)19-16(20)12-2-1-3-14-15(12)22-7-6-21-14/h1-5,8H,6-7H2,(H,19,20). The van der Waals surface area contributed by atoms with Crippen LogP contribution < -0.4 is 14.8 Å². The molecule has 0 unspecified atom stereocenters. The van der Waals surface area contributed by atoms with E-state index < -0.39 is 0 Å². The number of hydrogen-bond acceptors (Lipinski definition) is 4. The summed E-state index contributed by atoms with van der Waals surface area (Å²) in [5.41, 5.74) is 1.24. The zero-order chi connectivity index (χ0) is 15.5. The summed E-state index contributed by atoms with van der Waals surface area (Å²) in [5.74, 6) is 0.658. The van der Waals surface area contributed by atoms with Gasteiger partial charge in [0.25, 0.3) is 5.91 Å². The Kier molecular flexibility index (Phi) is 3.86. The summed E-state index contributed by atoms with van der Waals surface area (Å²) in [7, 11) is 0. The van der Waals surface area contributed by atoms with E-state index in [0.29, 0.717) is 41.5 Å². The number of para-hydroxylation sites is 1. The minimum absolute atomic E-state index is 0.287. The van der Waals surface area contributed by atoms with Gasteiger partial charge in [-0.2, -0.15) is 5.26 Å². The third-order valence-corrected chi connectivity index (χ3v) is 3.47. The molecule has 1 N–H and O–H groups in total. The van der Waals surface area contributed by atoms with Gasteiger partial charge in [-0.3, -0.25) is 4.79 Å². The van der Waals surface area contributed by atoms with Crippen LogP contribution >= 0.6 is 11.6 Å². The normalized spacial score (nSPS) is 12.4. The van der Waals surface area contributed by atoms with Crippen LogP contribution in [0.4, 0.5) is 5.69 Å². The van der Waals surface area contributed by atoms with E-state index in [-0.39, 0.29) is 10.9 Å². The summed E-state index contributed by atoms with van der Waals surface area (Å²) in [6.45, 7) is 0.864. The van der Waals surface area contributed by atoms with Crippen molar-refractivity contribution in [1.29, 1.82) is 5.26 Å². The fourth-order valence-corrected chi connectivity index (χ4v) is 2.36. The molecule has 2 aromatic carbocycles. The van der Waals surface area contributed by atoms with E-state index in [2.05, 4.69) is 5.32 Å². The van der Waals surface area contributed by atoms with Gasteiger partial charge in [-0.15, -0.1) is 0 Å². The van der Waals surface area contributed by atoms with Gasteiger partial charge >= 0.3 is 0 Å². The van der Waals surface area contributed by atoms with Gasteiger partial charge in [0.2, 0.25) is 0 Å². The molecule has 0 spiro atoms. The van der Waals surface area contributed by atoms with Gasteiger partial charge in [0, 0.05) is 5.69 Å². The lowest BCUT2D eigenvalue weighted by Crippen LogP contribution is -2.20. The molecular formula is C16H11ClN2O3. The fourth-order valence-electron chi connectivity index (χ4n) is 2.13. The minimum Gasteiger partial charge on any atom is -0.486 e. The Morgan fingerprint density at radius 2 is 2.05 bits per heavy atom. The molecule has 0 saturated carbocycles. The second kappa shape index (κ2) is 5.96.